The molecule has 102 valence electrons. The van der Waals surface area contributed by atoms with Gasteiger partial charge in [0, 0.05) is 13.1 Å². The summed E-state index contributed by atoms with van der Waals surface area (Å²) < 4.78 is 5.07. The lowest BCUT2D eigenvalue weighted by molar-refractivity contribution is 0.0983. The number of halogens is 1. The highest BCUT2D eigenvalue weighted by Gasteiger charge is 2.19. The quantitative estimate of drug-likeness (QED) is 0.683. The number of carbonyl (C=O) groups is 1. The van der Waals surface area contributed by atoms with Crippen molar-refractivity contribution < 1.29 is 9.53 Å². The highest BCUT2D eigenvalue weighted by atomic mass is 35.5. The monoisotopic (exact) mass is 263 g/mol. The number of ether oxygens (including phenoxy) is 1. The lowest BCUT2D eigenvalue weighted by Gasteiger charge is -2.27. The summed E-state index contributed by atoms with van der Waals surface area (Å²) in [5.41, 5.74) is 0.224. The first kappa shape index (κ1) is 16.6. The molecule has 0 fully saturated rings. The third-order valence-electron chi connectivity index (χ3n) is 2.28. The highest BCUT2D eigenvalue weighted by Crippen LogP contribution is 2.19. The van der Waals surface area contributed by atoms with Gasteiger partial charge in [0.05, 0.1) is 5.88 Å². The molecule has 1 amide bonds. The topological polar surface area (TPSA) is 29.5 Å². The molecule has 0 aromatic carbocycles. The lowest BCUT2D eigenvalue weighted by Crippen LogP contribution is -2.37. The van der Waals surface area contributed by atoms with Gasteiger partial charge in [-0.1, -0.05) is 34.6 Å². The molecular formula is C13H26ClNO2. The predicted molar refractivity (Wildman–Crippen MR) is 72.6 cm³/mol. The van der Waals surface area contributed by atoms with Crippen molar-refractivity contribution in [2.24, 2.45) is 11.3 Å². The van der Waals surface area contributed by atoms with Crippen molar-refractivity contribution >= 4 is 17.7 Å². The first-order valence-corrected chi connectivity index (χ1v) is 6.77. The number of amides is 1. The van der Waals surface area contributed by atoms with Crippen LogP contribution >= 0.6 is 11.6 Å². The Balaban J connectivity index is 4.27. The summed E-state index contributed by atoms with van der Waals surface area (Å²) in [5.74, 6) is 0.791. The Kier molecular flexibility index (Phi) is 7.60. The fourth-order valence-electron chi connectivity index (χ4n) is 1.39. The Labute approximate surface area is 110 Å². The molecule has 0 atom stereocenters. The molecule has 0 heterocycles. The molecule has 0 saturated carbocycles. The van der Waals surface area contributed by atoms with Gasteiger partial charge >= 0.3 is 6.09 Å². The van der Waals surface area contributed by atoms with E-state index in [2.05, 4.69) is 34.6 Å². The summed E-state index contributed by atoms with van der Waals surface area (Å²) in [4.78, 5) is 13.6. The highest BCUT2D eigenvalue weighted by molar-refractivity contribution is 6.18. The molecule has 0 aliphatic rings. The van der Waals surface area contributed by atoms with Gasteiger partial charge in [-0.3, -0.25) is 0 Å². The van der Waals surface area contributed by atoms with Gasteiger partial charge in [-0.05, 0) is 17.8 Å². The Hall–Kier alpha value is -0.440. The maximum Gasteiger partial charge on any atom is 0.409 e. The Morgan fingerprint density at radius 2 is 1.94 bits per heavy atom. The van der Waals surface area contributed by atoms with Gasteiger partial charge in [0.25, 0.3) is 0 Å². The molecule has 0 saturated heterocycles. The van der Waals surface area contributed by atoms with E-state index in [1.807, 2.05) is 0 Å². The van der Waals surface area contributed by atoms with Crippen LogP contribution in [-0.2, 0) is 4.74 Å². The lowest BCUT2D eigenvalue weighted by atomic mass is 9.92. The van der Waals surface area contributed by atoms with Gasteiger partial charge in [-0.15, -0.1) is 11.6 Å². The summed E-state index contributed by atoms with van der Waals surface area (Å²) in [7, 11) is 0. The molecular weight excluding hydrogens is 238 g/mol. The number of nitrogens with zero attached hydrogens (tertiary/aromatic N) is 1. The van der Waals surface area contributed by atoms with E-state index in [1.165, 1.54) is 0 Å². The first-order chi connectivity index (χ1) is 7.76. The number of hydrogen-bond donors (Lipinski definition) is 0. The average molecular weight is 264 g/mol. The Bertz CT molecular complexity index is 224. The minimum Gasteiger partial charge on any atom is -0.448 e. The van der Waals surface area contributed by atoms with Gasteiger partial charge in [0.1, 0.15) is 6.61 Å². The molecule has 0 N–H and O–H groups in total. The van der Waals surface area contributed by atoms with Gasteiger partial charge < -0.3 is 9.64 Å². The van der Waals surface area contributed by atoms with Gasteiger partial charge in [0.2, 0.25) is 0 Å². The van der Waals surface area contributed by atoms with E-state index in [9.17, 15) is 4.79 Å². The zero-order valence-electron chi connectivity index (χ0n) is 11.8. The molecule has 0 aliphatic heterocycles. The molecule has 0 rings (SSSR count). The summed E-state index contributed by atoms with van der Waals surface area (Å²) in [6, 6.07) is 0. The van der Waals surface area contributed by atoms with Crippen LogP contribution in [0.4, 0.5) is 4.79 Å². The minimum atomic E-state index is -0.247. The molecule has 3 nitrogen and oxygen atoms in total. The van der Waals surface area contributed by atoms with Crippen molar-refractivity contribution in [3.05, 3.63) is 0 Å². The number of rotatable bonds is 6. The molecule has 0 aliphatic carbocycles. The van der Waals surface area contributed by atoms with E-state index in [1.54, 1.807) is 4.90 Å². The van der Waals surface area contributed by atoms with Crippen molar-refractivity contribution in [2.45, 2.75) is 41.0 Å². The summed E-state index contributed by atoms with van der Waals surface area (Å²) in [6.45, 7) is 12.5. The van der Waals surface area contributed by atoms with E-state index < -0.39 is 0 Å². The summed E-state index contributed by atoms with van der Waals surface area (Å²) in [5, 5.41) is 0. The second-order valence-corrected chi connectivity index (χ2v) is 6.33. The Morgan fingerprint density at radius 3 is 2.35 bits per heavy atom. The standard InChI is InChI=1S/C13H26ClNO2/c1-11(2)10-15(8-6-13(3,4)5)12(16)17-9-7-14/h11H,6-10H2,1-5H3. The Morgan fingerprint density at radius 1 is 1.35 bits per heavy atom. The van der Waals surface area contributed by atoms with E-state index in [0.29, 0.717) is 11.8 Å². The molecule has 0 unspecified atom stereocenters. The van der Waals surface area contributed by atoms with Crippen LogP contribution in [0.5, 0.6) is 0 Å². The fraction of sp³-hybridized carbons (Fsp3) is 0.923. The van der Waals surface area contributed by atoms with E-state index in [-0.39, 0.29) is 18.1 Å². The maximum absolute atomic E-state index is 11.8. The van der Waals surface area contributed by atoms with Crippen molar-refractivity contribution in [1.82, 2.24) is 4.90 Å². The van der Waals surface area contributed by atoms with Crippen LogP contribution in [0.1, 0.15) is 41.0 Å². The van der Waals surface area contributed by atoms with Crippen LogP contribution < -0.4 is 0 Å². The zero-order chi connectivity index (χ0) is 13.5. The van der Waals surface area contributed by atoms with E-state index >= 15 is 0 Å². The van der Waals surface area contributed by atoms with Crippen molar-refractivity contribution in [3.63, 3.8) is 0 Å². The predicted octanol–water partition coefficient (Wildman–Crippen LogP) is 3.76. The SMILES string of the molecule is CC(C)CN(CCC(C)(C)C)C(=O)OCCCl. The molecule has 17 heavy (non-hydrogen) atoms. The van der Waals surface area contributed by atoms with Crippen LogP contribution in [0.15, 0.2) is 0 Å². The van der Waals surface area contributed by atoms with Gasteiger partial charge in [-0.25, -0.2) is 4.79 Å². The molecule has 4 heteroatoms. The molecule has 0 radical (unpaired) electrons. The van der Waals surface area contributed by atoms with Crippen LogP contribution in [0.2, 0.25) is 0 Å². The first-order valence-electron chi connectivity index (χ1n) is 6.24. The van der Waals surface area contributed by atoms with Crippen LogP contribution in [-0.4, -0.2) is 36.6 Å². The molecule has 0 bridgehead atoms. The summed E-state index contributed by atoms with van der Waals surface area (Å²) in [6.07, 6.45) is 0.721. The summed E-state index contributed by atoms with van der Waals surface area (Å²) >= 11 is 5.51. The minimum absolute atomic E-state index is 0.224. The average Bonchev–Trinajstić information content (AvgIpc) is 2.18. The van der Waals surface area contributed by atoms with E-state index in [0.717, 1.165) is 19.5 Å². The van der Waals surface area contributed by atoms with Crippen molar-refractivity contribution in [3.8, 4) is 0 Å². The number of alkyl halides is 1. The van der Waals surface area contributed by atoms with Crippen LogP contribution in [0.25, 0.3) is 0 Å². The van der Waals surface area contributed by atoms with Crippen LogP contribution in [0.3, 0.4) is 0 Å². The second-order valence-electron chi connectivity index (χ2n) is 5.95. The second kappa shape index (κ2) is 7.80. The largest absolute Gasteiger partial charge is 0.448 e. The number of hydrogen-bond acceptors (Lipinski definition) is 2. The number of carbonyl (C=O) groups excluding carboxylic acids is 1. The van der Waals surface area contributed by atoms with Gasteiger partial charge in [0.15, 0.2) is 0 Å². The third-order valence-corrected chi connectivity index (χ3v) is 2.43. The van der Waals surface area contributed by atoms with Crippen molar-refractivity contribution in [2.75, 3.05) is 25.6 Å². The fourth-order valence-corrected chi connectivity index (χ4v) is 1.46. The normalized spacial score (nSPS) is 11.7. The van der Waals surface area contributed by atoms with Crippen LogP contribution in [0, 0.1) is 11.3 Å². The van der Waals surface area contributed by atoms with Crippen molar-refractivity contribution in [1.29, 1.82) is 0 Å². The smallest absolute Gasteiger partial charge is 0.409 e. The van der Waals surface area contributed by atoms with Gasteiger partial charge in [-0.2, -0.15) is 0 Å². The molecule has 0 aromatic heterocycles. The maximum atomic E-state index is 11.8. The van der Waals surface area contributed by atoms with E-state index in [4.69, 9.17) is 16.3 Å². The molecule has 0 spiro atoms. The third kappa shape index (κ3) is 9.28. The molecule has 0 aromatic rings. The zero-order valence-corrected chi connectivity index (χ0v) is 12.5.